The van der Waals surface area contributed by atoms with Crippen molar-refractivity contribution < 1.29 is 14.4 Å². The van der Waals surface area contributed by atoms with Crippen LogP contribution in [0.1, 0.15) is 12.6 Å². The predicted molar refractivity (Wildman–Crippen MR) is 121 cm³/mol. The molecule has 1 aromatic heterocycles. The summed E-state index contributed by atoms with van der Waals surface area (Å²) < 4.78 is 5.45. The lowest BCUT2D eigenvalue weighted by atomic mass is 10.2. The molecule has 6 nitrogen and oxygen atoms in total. The fourth-order valence-electron chi connectivity index (χ4n) is 3.85. The lowest BCUT2D eigenvalue weighted by Crippen LogP contribution is -3.13. The number of para-hydroxylation sites is 3. The zero-order valence-corrected chi connectivity index (χ0v) is 18.2. The Morgan fingerprint density at radius 1 is 1.13 bits per heavy atom. The Balaban J connectivity index is 1.43. The first-order valence-corrected chi connectivity index (χ1v) is 11.1. The maximum atomic E-state index is 12.4. The molecular weight excluding hydrogens is 396 g/mol. The van der Waals surface area contributed by atoms with Gasteiger partial charge in [0.15, 0.2) is 5.13 Å². The number of anilines is 3. The fraction of sp³-hybridized carbons (Fsp3) is 0.304. The van der Waals surface area contributed by atoms with E-state index in [1.807, 2.05) is 24.3 Å². The van der Waals surface area contributed by atoms with Crippen molar-refractivity contribution in [2.24, 2.45) is 0 Å². The van der Waals surface area contributed by atoms with E-state index in [9.17, 15) is 4.79 Å². The molecule has 0 spiro atoms. The van der Waals surface area contributed by atoms with Crippen LogP contribution in [0.4, 0.5) is 16.5 Å². The fourth-order valence-corrected chi connectivity index (χ4v) is 4.73. The topological polar surface area (TPSA) is 50.1 Å². The number of thiazole rings is 1. The smallest absolute Gasteiger partial charge is 0.230 e. The number of nitrogens with one attached hydrogen (secondary N) is 1. The lowest BCUT2D eigenvalue weighted by Gasteiger charge is -2.33. The minimum atomic E-state index is -0.0794. The first kappa shape index (κ1) is 20.4. The molecular formula is C23H27N4O2S+. The van der Waals surface area contributed by atoms with Gasteiger partial charge in [-0.2, -0.15) is 0 Å². The zero-order valence-electron chi connectivity index (χ0n) is 17.4. The number of piperazine rings is 1. The second-order valence-corrected chi connectivity index (χ2v) is 8.23. The van der Waals surface area contributed by atoms with E-state index in [-0.39, 0.29) is 5.91 Å². The van der Waals surface area contributed by atoms with Crippen LogP contribution in [-0.2, 0) is 11.3 Å². The third-order valence-corrected chi connectivity index (χ3v) is 6.27. The molecule has 1 amide bonds. The Kier molecular flexibility index (Phi) is 6.30. The maximum absolute atomic E-state index is 12.4. The molecule has 0 aliphatic carbocycles. The number of hydrogen-bond acceptors (Lipinski definition) is 5. The van der Waals surface area contributed by atoms with Gasteiger partial charge < -0.3 is 14.5 Å². The second-order valence-electron chi connectivity index (χ2n) is 7.40. The van der Waals surface area contributed by atoms with Gasteiger partial charge in [0.05, 0.1) is 39.0 Å². The third kappa shape index (κ3) is 4.47. The second kappa shape index (κ2) is 9.28. The largest absolute Gasteiger partial charge is 0.495 e. The third-order valence-electron chi connectivity index (χ3n) is 5.39. The normalized spacial score (nSPS) is 14.5. The van der Waals surface area contributed by atoms with Crippen molar-refractivity contribution in [2.45, 2.75) is 13.5 Å². The van der Waals surface area contributed by atoms with Gasteiger partial charge in [-0.15, -0.1) is 11.3 Å². The quantitative estimate of drug-likeness (QED) is 0.662. The molecule has 30 heavy (non-hydrogen) atoms. The van der Waals surface area contributed by atoms with E-state index in [4.69, 9.17) is 9.72 Å². The highest BCUT2D eigenvalue weighted by atomic mass is 32.1. The van der Waals surface area contributed by atoms with E-state index in [1.54, 1.807) is 18.9 Å². The molecule has 2 aromatic carbocycles. The molecule has 1 fully saturated rings. The van der Waals surface area contributed by atoms with Crippen LogP contribution in [0.2, 0.25) is 0 Å². The molecule has 2 heterocycles. The van der Waals surface area contributed by atoms with Crippen molar-refractivity contribution in [3.63, 3.8) is 0 Å². The number of quaternary nitrogens is 1. The molecule has 0 unspecified atom stereocenters. The summed E-state index contributed by atoms with van der Waals surface area (Å²) in [6.07, 6.45) is 0. The summed E-state index contributed by atoms with van der Waals surface area (Å²) in [5.74, 6) is 0.580. The summed E-state index contributed by atoms with van der Waals surface area (Å²) in [6.45, 7) is 6.65. The number of ether oxygens (including phenoxy) is 1. The monoisotopic (exact) mass is 423 g/mol. The van der Waals surface area contributed by atoms with E-state index in [2.05, 4.69) is 40.6 Å². The summed E-state index contributed by atoms with van der Waals surface area (Å²) in [7, 11) is 1.61. The van der Waals surface area contributed by atoms with Gasteiger partial charge in [-0.3, -0.25) is 9.69 Å². The number of aromatic nitrogens is 1. The van der Waals surface area contributed by atoms with Gasteiger partial charge in [0.1, 0.15) is 18.0 Å². The van der Waals surface area contributed by atoms with Crippen LogP contribution in [0.25, 0.3) is 0 Å². The Labute approximate surface area is 181 Å². The Hall–Kier alpha value is -2.90. The number of benzene rings is 2. The number of hydrogen-bond donors (Lipinski definition) is 1. The van der Waals surface area contributed by atoms with Crippen molar-refractivity contribution in [1.82, 2.24) is 4.98 Å². The molecule has 4 rings (SSSR count). The number of carbonyl (C=O) groups is 1. The molecule has 0 atom stereocenters. The summed E-state index contributed by atoms with van der Waals surface area (Å²) in [5.41, 5.74) is 3.04. The molecule has 0 saturated carbocycles. The maximum Gasteiger partial charge on any atom is 0.230 e. The van der Waals surface area contributed by atoms with Gasteiger partial charge in [0.2, 0.25) is 5.91 Å². The van der Waals surface area contributed by atoms with E-state index < -0.39 is 0 Å². The Morgan fingerprint density at radius 2 is 1.83 bits per heavy atom. The van der Waals surface area contributed by atoms with Gasteiger partial charge in [0.25, 0.3) is 0 Å². The van der Waals surface area contributed by atoms with Crippen molar-refractivity contribution in [3.8, 4) is 5.75 Å². The SMILES string of the molecule is COc1ccccc1N(C(C)=O)c1nc(C[NH+]2CCN(c3ccccc3)CC2)cs1. The summed E-state index contributed by atoms with van der Waals surface area (Å²) in [4.78, 5) is 22.8. The first-order valence-electron chi connectivity index (χ1n) is 10.2. The van der Waals surface area contributed by atoms with Gasteiger partial charge in [-0.05, 0) is 24.3 Å². The van der Waals surface area contributed by atoms with E-state index >= 15 is 0 Å². The molecule has 156 valence electrons. The molecule has 1 N–H and O–H groups in total. The molecule has 1 saturated heterocycles. The van der Waals surface area contributed by atoms with Gasteiger partial charge in [0, 0.05) is 18.0 Å². The highest BCUT2D eigenvalue weighted by molar-refractivity contribution is 7.14. The molecule has 3 aromatic rings. The summed E-state index contributed by atoms with van der Waals surface area (Å²) in [5, 5.41) is 2.75. The summed E-state index contributed by atoms with van der Waals surface area (Å²) in [6, 6.07) is 18.1. The van der Waals surface area contributed by atoms with Gasteiger partial charge in [-0.1, -0.05) is 30.3 Å². The Morgan fingerprint density at radius 3 is 2.53 bits per heavy atom. The average Bonchev–Trinajstić information content (AvgIpc) is 3.23. The lowest BCUT2D eigenvalue weighted by molar-refractivity contribution is -0.914. The van der Waals surface area contributed by atoms with Crippen LogP contribution in [0.15, 0.2) is 60.0 Å². The van der Waals surface area contributed by atoms with Gasteiger partial charge >= 0.3 is 0 Å². The molecule has 7 heteroatoms. The van der Waals surface area contributed by atoms with Crippen LogP contribution in [0, 0.1) is 0 Å². The first-order chi connectivity index (χ1) is 14.7. The number of amides is 1. The van der Waals surface area contributed by atoms with Crippen molar-refractivity contribution in [3.05, 3.63) is 65.7 Å². The van der Waals surface area contributed by atoms with Crippen molar-refractivity contribution in [1.29, 1.82) is 0 Å². The minimum absolute atomic E-state index is 0.0794. The Bertz CT molecular complexity index is 984. The number of carbonyl (C=O) groups excluding carboxylic acids is 1. The van der Waals surface area contributed by atoms with Crippen LogP contribution in [0.3, 0.4) is 0 Å². The van der Waals surface area contributed by atoms with Crippen LogP contribution >= 0.6 is 11.3 Å². The highest BCUT2D eigenvalue weighted by Gasteiger charge is 2.24. The van der Waals surface area contributed by atoms with Crippen LogP contribution in [0.5, 0.6) is 5.75 Å². The van der Waals surface area contributed by atoms with Crippen molar-refractivity contribution in [2.75, 3.05) is 43.1 Å². The molecule has 1 aliphatic heterocycles. The standard InChI is InChI=1S/C23H26N4O2S/c1-18(28)27(21-10-6-7-11-22(21)29-2)23-24-19(17-30-23)16-25-12-14-26(15-13-25)20-8-4-3-5-9-20/h3-11,17H,12-16H2,1-2H3/p+1. The minimum Gasteiger partial charge on any atom is -0.495 e. The average molecular weight is 424 g/mol. The van der Waals surface area contributed by atoms with Gasteiger partial charge in [-0.25, -0.2) is 4.98 Å². The molecule has 0 radical (unpaired) electrons. The number of nitrogens with zero attached hydrogens (tertiary/aromatic N) is 3. The summed E-state index contributed by atoms with van der Waals surface area (Å²) >= 11 is 1.50. The van der Waals surface area contributed by atoms with E-state index in [0.29, 0.717) is 10.9 Å². The zero-order chi connectivity index (χ0) is 20.9. The van der Waals surface area contributed by atoms with Crippen LogP contribution in [-0.4, -0.2) is 44.2 Å². The molecule has 1 aliphatic rings. The van der Waals surface area contributed by atoms with E-state index in [1.165, 1.54) is 21.9 Å². The van der Waals surface area contributed by atoms with Crippen molar-refractivity contribution >= 4 is 33.8 Å². The number of methoxy groups -OCH3 is 1. The number of rotatable bonds is 6. The van der Waals surface area contributed by atoms with Crippen LogP contribution < -0.4 is 19.4 Å². The van der Waals surface area contributed by atoms with E-state index in [0.717, 1.165) is 44.1 Å². The molecule has 0 bridgehead atoms. The predicted octanol–water partition coefficient (Wildman–Crippen LogP) is 2.74. The highest BCUT2D eigenvalue weighted by Crippen LogP contribution is 2.35.